The number of aromatic amines is 1. The van der Waals surface area contributed by atoms with Gasteiger partial charge < -0.3 is 10.3 Å². The second kappa shape index (κ2) is 5.65. The van der Waals surface area contributed by atoms with Crippen molar-refractivity contribution in [3.63, 3.8) is 0 Å². The zero-order valence-corrected chi connectivity index (χ0v) is 12.0. The van der Waals surface area contributed by atoms with Crippen LogP contribution in [-0.4, -0.2) is 23.6 Å². The number of imidazole rings is 1. The number of H-pyrrole nitrogens is 1. The van der Waals surface area contributed by atoms with E-state index < -0.39 is 0 Å². The summed E-state index contributed by atoms with van der Waals surface area (Å²) in [5.41, 5.74) is 4.34. The van der Waals surface area contributed by atoms with Crippen LogP contribution in [0.3, 0.4) is 0 Å². The molecule has 0 unspecified atom stereocenters. The van der Waals surface area contributed by atoms with Crippen molar-refractivity contribution in [2.24, 2.45) is 0 Å². The second-order valence-corrected chi connectivity index (χ2v) is 5.19. The smallest absolute Gasteiger partial charge is 0.138 e. The van der Waals surface area contributed by atoms with Gasteiger partial charge in [0.2, 0.25) is 0 Å². The van der Waals surface area contributed by atoms with E-state index in [0.717, 1.165) is 40.4 Å². The lowest BCUT2D eigenvalue weighted by Gasteiger charge is -2.06. The minimum absolute atomic E-state index is 0.719. The molecule has 0 fully saturated rings. The van der Waals surface area contributed by atoms with Crippen molar-refractivity contribution in [2.45, 2.75) is 6.42 Å². The first kappa shape index (κ1) is 13.2. The Morgan fingerprint density at radius 2 is 2.05 bits per heavy atom. The molecule has 0 aliphatic carbocycles. The van der Waals surface area contributed by atoms with Gasteiger partial charge in [0.1, 0.15) is 5.82 Å². The summed E-state index contributed by atoms with van der Waals surface area (Å²) < 4.78 is 0. The second-order valence-electron chi connectivity index (χ2n) is 4.76. The van der Waals surface area contributed by atoms with Crippen molar-refractivity contribution in [2.75, 3.05) is 13.6 Å². The Labute approximate surface area is 123 Å². The van der Waals surface area contributed by atoms with Crippen LogP contribution in [0.1, 0.15) is 5.56 Å². The molecular formula is C16H16ClN3. The van der Waals surface area contributed by atoms with Gasteiger partial charge in [-0.05, 0) is 43.8 Å². The summed E-state index contributed by atoms with van der Waals surface area (Å²) in [7, 11) is 1.96. The lowest BCUT2D eigenvalue weighted by molar-refractivity contribution is 0.792. The third kappa shape index (κ3) is 2.55. The summed E-state index contributed by atoms with van der Waals surface area (Å²) in [5, 5.41) is 3.90. The van der Waals surface area contributed by atoms with Crippen LogP contribution in [0.25, 0.3) is 22.4 Å². The minimum atomic E-state index is 0.719. The Morgan fingerprint density at radius 3 is 2.90 bits per heavy atom. The van der Waals surface area contributed by atoms with Gasteiger partial charge in [0.05, 0.1) is 11.0 Å². The van der Waals surface area contributed by atoms with Gasteiger partial charge in [0.15, 0.2) is 0 Å². The van der Waals surface area contributed by atoms with Gasteiger partial charge in [-0.2, -0.15) is 0 Å². The number of fused-ring (bicyclic) bond motifs is 1. The number of nitrogens with zero attached hydrogens (tertiary/aromatic N) is 1. The molecule has 20 heavy (non-hydrogen) atoms. The highest BCUT2D eigenvalue weighted by Gasteiger charge is 2.09. The molecule has 2 aromatic carbocycles. The summed E-state index contributed by atoms with van der Waals surface area (Å²) in [4.78, 5) is 8.01. The highest BCUT2D eigenvalue weighted by molar-refractivity contribution is 6.31. The molecule has 4 heteroatoms. The van der Waals surface area contributed by atoms with Gasteiger partial charge in [0, 0.05) is 10.6 Å². The molecule has 0 aliphatic heterocycles. The Kier molecular flexibility index (Phi) is 3.72. The molecule has 3 rings (SSSR count). The molecule has 3 aromatic rings. The molecule has 0 saturated heterocycles. The summed E-state index contributed by atoms with van der Waals surface area (Å²) in [6.45, 7) is 0.947. The Balaban J connectivity index is 2.06. The van der Waals surface area contributed by atoms with E-state index in [2.05, 4.69) is 33.5 Å². The highest BCUT2D eigenvalue weighted by atomic mass is 35.5. The summed E-state index contributed by atoms with van der Waals surface area (Å²) in [5.74, 6) is 0.897. The molecule has 0 saturated carbocycles. The van der Waals surface area contributed by atoms with Crippen molar-refractivity contribution >= 4 is 22.6 Å². The fourth-order valence-corrected chi connectivity index (χ4v) is 2.51. The summed E-state index contributed by atoms with van der Waals surface area (Å²) in [6, 6.07) is 14.1. The van der Waals surface area contributed by atoms with Crippen molar-refractivity contribution in [3.05, 3.63) is 53.1 Å². The molecular weight excluding hydrogens is 270 g/mol. The number of rotatable bonds is 4. The SMILES string of the molecule is CNCCc1ccccc1-c1nc2ccc(Cl)cc2[nH]1. The lowest BCUT2D eigenvalue weighted by atomic mass is 10.0. The van der Waals surface area contributed by atoms with Crippen molar-refractivity contribution in [1.29, 1.82) is 0 Å². The fraction of sp³-hybridized carbons (Fsp3) is 0.188. The molecule has 0 aliphatic rings. The van der Waals surface area contributed by atoms with E-state index >= 15 is 0 Å². The molecule has 2 N–H and O–H groups in total. The van der Waals surface area contributed by atoms with Gasteiger partial charge in [-0.25, -0.2) is 4.98 Å². The Hall–Kier alpha value is -1.84. The fourth-order valence-electron chi connectivity index (χ4n) is 2.34. The molecule has 3 nitrogen and oxygen atoms in total. The molecule has 0 radical (unpaired) electrons. The Morgan fingerprint density at radius 1 is 1.20 bits per heavy atom. The average Bonchev–Trinajstić information content (AvgIpc) is 2.88. The largest absolute Gasteiger partial charge is 0.338 e. The van der Waals surface area contributed by atoms with Crippen LogP contribution in [0.5, 0.6) is 0 Å². The predicted molar refractivity (Wildman–Crippen MR) is 84.2 cm³/mol. The average molecular weight is 286 g/mol. The highest BCUT2D eigenvalue weighted by Crippen LogP contribution is 2.25. The number of hydrogen-bond donors (Lipinski definition) is 2. The number of hydrogen-bond acceptors (Lipinski definition) is 2. The van der Waals surface area contributed by atoms with E-state index in [1.54, 1.807) is 0 Å². The van der Waals surface area contributed by atoms with E-state index in [4.69, 9.17) is 11.6 Å². The maximum atomic E-state index is 6.02. The van der Waals surface area contributed by atoms with E-state index in [-0.39, 0.29) is 0 Å². The quantitative estimate of drug-likeness (QED) is 0.768. The standard InChI is InChI=1S/C16H16ClN3/c1-18-9-8-11-4-2-3-5-13(11)16-19-14-7-6-12(17)10-15(14)20-16/h2-7,10,18H,8-9H2,1H3,(H,19,20). The molecule has 0 spiro atoms. The first-order valence-electron chi connectivity index (χ1n) is 6.66. The zero-order chi connectivity index (χ0) is 13.9. The van der Waals surface area contributed by atoms with Gasteiger partial charge in [-0.3, -0.25) is 0 Å². The lowest BCUT2D eigenvalue weighted by Crippen LogP contribution is -2.10. The van der Waals surface area contributed by atoms with Crippen LogP contribution in [0.15, 0.2) is 42.5 Å². The maximum absolute atomic E-state index is 6.02. The molecule has 1 aromatic heterocycles. The molecule has 102 valence electrons. The van der Waals surface area contributed by atoms with Gasteiger partial charge in [-0.1, -0.05) is 35.9 Å². The molecule has 1 heterocycles. The first-order chi connectivity index (χ1) is 9.78. The van der Waals surface area contributed by atoms with Crippen LogP contribution in [0, 0.1) is 0 Å². The van der Waals surface area contributed by atoms with Crippen LogP contribution >= 0.6 is 11.6 Å². The Bertz CT molecular complexity index is 733. The molecule has 0 amide bonds. The van der Waals surface area contributed by atoms with Crippen LogP contribution in [0.2, 0.25) is 5.02 Å². The van der Waals surface area contributed by atoms with E-state index in [1.807, 2.05) is 31.3 Å². The number of nitrogens with one attached hydrogen (secondary N) is 2. The molecule has 0 bridgehead atoms. The number of likely N-dealkylation sites (N-methyl/N-ethyl adjacent to an activating group) is 1. The summed E-state index contributed by atoms with van der Waals surface area (Å²) in [6.07, 6.45) is 0.977. The van der Waals surface area contributed by atoms with Crippen LogP contribution in [-0.2, 0) is 6.42 Å². The van der Waals surface area contributed by atoms with Crippen LogP contribution in [0.4, 0.5) is 0 Å². The monoisotopic (exact) mass is 285 g/mol. The van der Waals surface area contributed by atoms with Gasteiger partial charge >= 0.3 is 0 Å². The predicted octanol–water partition coefficient (Wildman–Crippen LogP) is 3.65. The van der Waals surface area contributed by atoms with Crippen molar-refractivity contribution < 1.29 is 0 Å². The van der Waals surface area contributed by atoms with E-state index in [9.17, 15) is 0 Å². The first-order valence-corrected chi connectivity index (χ1v) is 7.04. The topological polar surface area (TPSA) is 40.7 Å². The minimum Gasteiger partial charge on any atom is -0.338 e. The number of benzene rings is 2. The number of halogens is 1. The van der Waals surface area contributed by atoms with Crippen molar-refractivity contribution in [1.82, 2.24) is 15.3 Å². The van der Waals surface area contributed by atoms with Gasteiger partial charge in [-0.15, -0.1) is 0 Å². The normalized spacial score (nSPS) is 11.1. The third-order valence-electron chi connectivity index (χ3n) is 3.36. The van der Waals surface area contributed by atoms with Crippen LogP contribution < -0.4 is 5.32 Å². The maximum Gasteiger partial charge on any atom is 0.138 e. The molecule has 0 atom stereocenters. The third-order valence-corrected chi connectivity index (χ3v) is 3.60. The van der Waals surface area contributed by atoms with Gasteiger partial charge in [0.25, 0.3) is 0 Å². The number of aromatic nitrogens is 2. The van der Waals surface area contributed by atoms with E-state index in [1.165, 1.54) is 5.56 Å². The zero-order valence-electron chi connectivity index (χ0n) is 11.3. The van der Waals surface area contributed by atoms with Crippen molar-refractivity contribution in [3.8, 4) is 11.4 Å². The van der Waals surface area contributed by atoms with E-state index in [0.29, 0.717) is 0 Å². The summed E-state index contributed by atoms with van der Waals surface area (Å²) >= 11 is 6.02.